The summed E-state index contributed by atoms with van der Waals surface area (Å²) in [5, 5.41) is 8.44. The van der Waals surface area contributed by atoms with Crippen LogP contribution in [0.15, 0.2) is 89.3 Å². The molecule has 0 saturated carbocycles. The normalized spacial score (nSPS) is 16.1. The van der Waals surface area contributed by atoms with Gasteiger partial charge in [-0.25, -0.2) is 4.99 Å². The highest BCUT2D eigenvalue weighted by atomic mass is 127. The van der Waals surface area contributed by atoms with Gasteiger partial charge < -0.3 is 4.74 Å². The summed E-state index contributed by atoms with van der Waals surface area (Å²) < 4.78 is 6.40. The van der Waals surface area contributed by atoms with Crippen LogP contribution in [0.1, 0.15) is 20.8 Å². The van der Waals surface area contributed by atoms with Crippen LogP contribution in [0.2, 0.25) is 0 Å². The van der Waals surface area contributed by atoms with E-state index >= 15 is 0 Å². The molecule has 0 aliphatic carbocycles. The van der Waals surface area contributed by atoms with Crippen LogP contribution in [-0.2, 0) is 0 Å². The van der Waals surface area contributed by atoms with Gasteiger partial charge in [0.2, 0.25) is 5.96 Å². The van der Waals surface area contributed by atoms with Crippen LogP contribution in [0.5, 0.6) is 5.75 Å². The van der Waals surface area contributed by atoms with E-state index in [1.54, 1.807) is 17.2 Å². The quantitative estimate of drug-likeness (QED) is 0.182. The Labute approximate surface area is 175 Å². The molecule has 1 atom stereocenters. The van der Waals surface area contributed by atoms with Crippen molar-refractivity contribution in [2.75, 3.05) is 4.90 Å². The van der Waals surface area contributed by atoms with E-state index in [1.165, 1.54) is 0 Å². The number of ether oxygens (including phenoxy) is 1. The lowest BCUT2D eigenvalue weighted by atomic mass is 10.0. The number of aliphatic imine (C=N–C) groups is 1. The van der Waals surface area contributed by atoms with E-state index in [0.29, 0.717) is 15.4 Å². The Morgan fingerprint density at radius 2 is 2.00 bits per heavy atom. The lowest BCUT2D eigenvalue weighted by Crippen LogP contribution is -2.28. The first-order valence-electron chi connectivity index (χ1n) is 8.56. The predicted octanol–water partition coefficient (Wildman–Crippen LogP) is 6.19. The van der Waals surface area contributed by atoms with E-state index < -0.39 is 0 Å². The number of alkyl halides is 1. The van der Waals surface area contributed by atoms with Crippen LogP contribution in [0.3, 0.4) is 0 Å². The maximum Gasteiger partial charge on any atom is 0.226 e. The Bertz CT molecular complexity index is 875. The Morgan fingerprint density at radius 3 is 2.63 bits per heavy atom. The molecule has 0 fully saturated rings. The minimum atomic E-state index is 0.107. The topological polar surface area (TPSA) is 48.7 Å². The lowest BCUT2D eigenvalue weighted by molar-refractivity contribution is 0.427. The zero-order valence-corrected chi connectivity index (χ0v) is 18.0. The van der Waals surface area contributed by atoms with Crippen LogP contribution in [0.4, 0.5) is 5.69 Å². The number of anilines is 1. The second-order valence-electron chi connectivity index (χ2n) is 6.06. The molecule has 4 nitrogen and oxygen atoms in total. The van der Waals surface area contributed by atoms with Crippen molar-refractivity contribution in [3.63, 3.8) is 0 Å². The van der Waals surface area contributed by atoms with Crippen LogP contribution in [0.25, 0.3) is 0 Å². The van der Waals surface area contributed by atoms with E-state index in [-0.39, 0.29) is 5.96 Å². The molecule has 2 rings (SSSR count). The van der Waals surface area contributed by atoms with Crippen molar-refractivity contribution in [3.8, 4) is 5.75 Å². The SMILES string of the molecule is C=C/C=C(\C)C=NC(=N)N1C=C(/C(C)=C(/C=C)[C@@H](C)I)Oc2ccccc21. The first-order chi connectivity index (χ1) is 12.9. The fourth-order valence-electron chi connectivity index (χ4n) is 2.63. The van der Waals surface area contributed by atoms with Gasteiger partial charge in [-0.3, -0.25) is 10.3 Å². The third-order valence-corrected chi connectivity index (χ3v) is 4.71. The average molecular weight is 473 g/mol. The van der Waals surface area contributed by atoms with E-state index in [1.807, 2.05) is 56.5 Å². The van der Waals surface area contributed by atoms with Crippen molar-refractivity contribution in [1.82, 2.24) is 0 Å². The first kappa shape index (κ1) is 20.9. The van der Waals surface area contributed by atoms with Crippen LogP contribution >= 0.6 is 22.6 Å². The molecule has 1 aliphatic rings. The molecule has 0 spiro atoms. The number of halogens is 1. The fraction of sp³-hybridized carbons (Fsp3) is 0.182. The average Bonchev–Trinajstić information content (AvgIpc) is 2.65. The summed E-state index contributed by atoms with van der Waals surface area (Å²) >= 11 is 2.36. The number of hydrogen-bond donors (Lipinski definition) is 1. The smallest absolute Gasteiger partial charge is 0.226 e. The third-order valence-electron chi connectivity index (χ3n) is 4.04. The molecule has 1 N–H and O–H groups in total. The van der Waals surface area contributed by atoms with Crippen molar-refractivity contribution < 1.29 is 4.74 Å². The van der Waals surface area contributed by atoms with E-state index in [0.717, 1.165) is 22.4 Å². The minimum absolute atomic E-state index is 0.107. The zero-order valence-electron chi connectivity index (χ0n) is 15.9. The molecule has 0 aromatic heterocycles. The summed E-state index contributed by atoms with van der Waals surface area (Å²) in [7, 11) is 0. The number of allylic oxidation sites excluding steroid dienone is 6. The van der Waals surface area contributed by atoms with Gasteiger partial charge in [-0.15, -0.1) is 0 Å². The molecule has 27 heavy (non-hydrogen) atoms. The molecule has 1 aromatic carbocycles. The maximum atomic E-state index is 8.44. The van der Waals surface area contributed by atoms with Gasteiger partial charge in [0.1, 0.15) is 5.76 Å². The molecule has 1 aromatic rings. The number of rotatable bonds is 5. The fourth-order valence-corrected chi connectivity index (χ4v) is 3.35. The van der Waals surface area contributed by atoms with Crippen LogP contribution < -0.4 is 9.64 Å². The molecule has 0 saturated heterocycles. The molecule has 1 aliphatic heterocycles. The van der Waals surface area contributed by atoms with Crippen LogP contribution in [0, 0.1) is 5.41 Å². The monoisotopic (exact) mass is 473 g/mol. The molecule has 0 radical (unpaired) electrons. The van der Waals surface area contributed by atoms with Crippen molar-refractivity contribution in [3.05, 3.63) is 84.3 Å². The standard InChI is InChI=1S/C22H24IN3O/c1-6-10-15(3)13-25-22(24)26-14-21(16(4)18(7-2)17(5)23)27-20-12-9-8-11-19(20)26/h6-14,17,24H,1-2H2,3-5H3/b15-10+,18-16-,24-22?,25-13?/t17-/m1/s1. The molecular formula is C22H24IN3O. The molecule has 1 heterocycles. The highest BCUT2D eigenvalue weighted by Crippen LogP contribution is 2.37. The summed E-state index contributed by atoms with van der Waals surface area (Å²) in [5.74, 6) is 1.48. The van der Waals surface area contributed by atoms with Gasteiger partial charge in [0.15, 0.2) is 5.75 Å². The summed E-state index contributed by atoms with van der Waals surface area (Å²) in [6.07, 6.45) is 8.86. The van der Waals surface area contributed by atoms with E-state index in [9.17, 15) is 0 Å². The van der Waals surface area contributed by atoms with Gasteiger partial charge in [0, 0.05) is 10.1 Å². The van der Waals surface area contributed by atoms with Crippen LogP contribution in [-0.4, -0.2) is 16.1 Å². The Hall–Kier alpha value is -2.41. The number of nitrogens with one attached hydrogen (secondary N) is 1. The molecule has 0 bridgehead atoms. The van der Waals surface area contributed by atoms with Gasteiger partial charge in [-0.1, -0.05) is 66.1 Å². The highest BCUT2D eigenvalue weighted by molar-refractivity contribution is 14.1. The second-order valence-corrected chi connectivity index (χ2v) is 7.93. The number of benzene rings is 1. The van der Waals surface area contributed by atoms with Crippen molar-refractivity contribution in [2.45, 2.75) is 24.7 Å². The molecule has 5 heteroatoms. The first-order valence-corrected chi connectivity index (χ1v) is 9.81. The largest absolute Gasteiger partial charge is 0.453 e. The number of nitrogens with zero attached hydrogens (tertiary/aromatic N) is 2. The molecule has 140 valence electrons. The van der Waals surface area contributed by atoms with Gasteiger partial charge in [-0.2, -0.15) is 0 Å². The predicted molar refractivity (Wildman–Crippen MR) is 124 cm³/mol. The van der Waals surface area contributed by atoms with Crippen molar-refractivity contribution in [2.24, 2.45) is 4.99 Å². The van der Waals surface area contributed by atoms with Gasteiger partial charge in [-0.05, 0) is 49.6 Å². The van der Waals surface area contributed by atoms with Crippen molar-refractivity contribution >= 4 is 40.5 Å². The Kier molecular flexibility index (Phi) is 7.36. The summed E-state index contributed by atoms with van der Waals surface area (Å²) in [5.41, 5.74) is 3.79. The van der Waals surface area contributed by atoms with E-state index in [2.05, 4.69) is 47.7 Å². The Balaban J connectivity index is 2.49. The molecular weight excluding hydrogens is 449 g/mol. The minimum Gasteiger partial charge on any atom is -0.453 e. The Morgan fingerprint density at radius 1 is 1.30 bits per heavy atom. The summed E-state index contributed by atoms with van der Waals surface area (Å²) in [6, 6.07) is 7.63. The highest BCUT2D eigenvalue weighted by Gasteiger charge is 2.23. The molecule has 0 amide bonds. The van der Waals surface area contributed by atoms with Gasteiger partial charge in [0.05, 0.1) is 11.9 Å². The summed E-state index contributed by atoms with van der Waals surface area (Å²) in [4.78, 5) is 6.02. The molecule has 0 unspecified atom stereocenters. The number of fused-ring (bicyclic) bond motifs is 1. The lowest BCUT2D eigenvalue weighted by Gasteiger charge is -2.28. The maximum absolute atomic E-state index is 8.44. The number of para-hydroxylation sites is 2. The third kappa shape index (κ3) is 5.07. The second kappa shape index (κ2) is 9.50. The van der Waals surface area contributed by atoms with Gasteiger partial charge in [0.25, 0.3) is 0 Å². The summed E-state index contributed by atoms with van der Waals surface area (Å²) in [6.45, 7) is 13.6. The van der Waals surface area contributed by atoms with Crippen molar-refractivity contribution in [1.29, 1.82) is 5.41 Å². The van der Waals surface area contributed by atoms with Gasteiger partial charge >= 0.3 is 0 Å². The number of hydrogen-bond acceptors (Lipinski definition) is 2. The van der Waals surface area contributed by atoms with E-state index in [4.69, 9.17) is 10.1 Å². The number of guanidine groups is 1. The zero-order chi connectivity index (χ0) is 20.0.